The topological polar surface area (TPSA) is 64.2 Å². The fourth-order valence-electron chi connectivity index (χ4n) is 4.14. The van der Waals surface area contributed by atoms with Crippen molar-refractivity contribution >= 4 is 5.91 Å². The average molecular weight is 389 g/mol. The largest absolute Gasteiger partial charge is 0.336 e. The van der Waals surface area contributed by atoms with Crippen LogP contribution in [0.3, 0.4) is 0 Å². The molecule has 0 bridgehead atoms. The Hall–Kier alpha value is -2.92. The van der Waals surface area contributed by atoms with E-state index in [1.807, 2.05) is 39.9 Å². The fourth-order valence-corrected chi connectivity index (χ4v) is 4.14. The van der Waals surface area contributed by atoms with Crippen LogP contribution in [0.5, 0.6) is 0 Å². The summed E-state index contributed by atoms with van der Waals surface area (Å²) in [5, 5.41) is 4.81. The molecule has 2 N–H and O–H groups in total. The first-order chi connectivity index (χ1) is 14.2. The minimum absolute atomic E-state index is 0.00290. The van der Waals surface area contributed by atoms with Crippen LogP contribution in [-0.4, -0.2) is 40.2 Å². The molecule has 29 heavy (non-hydrogen) atoms. The third-order valence-electron chi connectivity index (χ3n) is 5.68. The molecule has 0 aliphatic heterocycles. The quantitative estimate of drug-likeness (QED) is 0.675. The van der Waals surface area contributed by atoms with Crippen molar-refractivity contribution in [3.8, 4) is 5.69 Å². The first-order valence-corrected chi connectivity index (χ1v) is 10.4. The van der Waals surface area contributed by atoms with E-state index in [9.17, 15) is 4.79 Å². The van der Waals surface area contributed by atoms with Crippen LogP contribution in [0.2, 0.25) is 0 Å². The summed E-state index contributed by atoms with van der Waals surface area (Å²) in [6, 6.07) is 18.5. The number of hydrogen-bond donors (Lipinski definition) is 1. The van der Waals surface area contributed by atoms with Gasteiger partial charge in [-0.05, 0) is 49.8 Å². The number of nitrogens with two attached hydrogens (primary N) is 1. The van der Waals surface area contributed by atoms with Gasteiger partial charge in [0.25, 0.3) is 5.91 Å². The Balaban J connectivity index is 1.63. The molecule has 0 fully saturated rings. The molecule has 1 heterocycles. The van der Waals surface area contributed by atoms with Crippen LogP contribution in [0, 0.1) is 6.92 Å². The Labute approximate surface area is 172 Å². The number of hydrogen-bond acceptors (Lipinski definition) is 3. The molecule has 4 rings (SSSR count). The Kier molecular flexibility index (Phi) is 5.76. The van der Waals surface area contributed by atoms with Crippen molar-refractivity contribution < 1.29 is 4.79 Å². The Morgan fingerprint density at radius 3 is 2.59 bits per heavy atom. The molecule has 5 nitrogen and oxygen atoms in total. The van der Waals surface area contributed by atoms with Crippen LogP contribution in [0.1, 0.15) is 39.3 Å². The van der Waals surface area contributed by atoms with Crippen LogP contribution in [0.15, 0.2) is 54.6 Å². The molecule has 5 heteroatoms. The summed E-state index contributed by atoms with van der Waals surface area (Å²) in [5.74, 6) is -0.00290. The van der Waals surface area contributed by atoms with Crippen molar-refractivity contribution in [1.82, 2.24) is 14.7 Å². The summed E-state index contributed by atoms with van der Waals surface area (Å²) in [6.07, 6.45) is 3.76. The first kappa shape index (κ1) is 19.4. The fraction of sp³-hybridized carbons (Fsp3) is 0.333. The number of rotatable bonds is 7. The van der Waals surface area contributed by atoms with Crippen molar-refractivity contribution in [3.63, 3.8) is 0 Å². The van der Waals surface area contributed by atoms with E-state index in [2.05, 4.69) is 31.2 Å². The van der Waals surface area contributed by atoms with Gasteiger partial charge in [0.2, 0.25) is 0 Å². The summed E-state index contributed by atoms with van der Waals surface area (Å²) in [5.41, 5.74) is 12.1. The van der Waals surface area contributed by atoms with Gasteiger partial charge in [-0.15, -0.1) is 0 Å². The van der Waals surface area contributed by atoms with Gasteiger partial charge in [0.1, 0.15) is 0 Å². The Bertz CT molecular complexity index is 993. The third-order valence-corrected chi connectivity index (χ3v) is 5.68. The van der Waals surface area contributed by atoms with Crippen LogP contribution in [-0.2, 0) is 19.3 Å². The third kappa shape index (κ3) is 3.96. The molecule has 0 saturated heterocycles. The van der Waals surface area contributed by atoms with Gasteiger partial charge in [-0.2, -0.15) is 5.10 Å². The number of aromatic nitrogens is 2. The second-order valence-corrected chi connectivity index (χ2v) is 7.64. The molecule has 3 aromatic rings. The molecule has 0 atom stereocenters. The lowest BCUT2D eigenvalue weighted by Gasteiger charge is -2.21. The molecule has 150 valence electrons. The summed E-state index contributed by atoms with van der Waals surface area (Å²) >= 11 is 0. The zero-order valence-corrected chi connectivity index (χ0v) is 17.0. The number of para-hydroxylation sites is 1. The van der Waals surface area contributed by atoms with Crippen molar-refractivity contribution in [1.29, 1.82) is 0 Å². The van der Waals surface area contributed by atoms with E-state index in [0.717, 1.165) is 42.5 Å². The SMILES string of the molecule is Cc1ccccc1-n1nc(C(=O)N(CCN)CCc2ccccc2)c2c1CCC2. The van der Waals surface area contributed by atoms with Crippen molar-refractivity contribution in [2.45, 2.75) is 32.6 Å². The Morgan fingerprint density at radius 2 is 1.83 bits per heavy atom. The van der Waals surface area contributed by atoms with Gasteiger partial charge in [-0.1, -0.05) is 48.5 Å². The second kappa shape index (κ2) is 8.62. The molecule has 0 saturated carbocycles. The number of amides is 1. The predicted octanol–water partition coefficient (Wildman–Crippen LogP) is 3.31. The second-order valence-electron chi connectivity index (χ2n) is 7.64. The van der Waals surface area contributed by atoms with E-state index < -0.39 is 0 Å². The predicted molar refractivity (Wildman–Crippen MR) is 115 cm³/mol. The summed E-state index contributed by atoms with van der Waals surface area (Å²) in [6.45, 7) is 3.71. The number of carbonyl (C=O) groups is 1. The average Bonchev–Trinajstić information content (AvgIpc) is 3.35. The molecule has 1 aliphatic rings. The highest BCUT2D eigenvalue weighted by atomic mass is 16.2. The van der Waals surface area contributed by atoms with Crippen molar-refractivity contribution in [2.75, 3.05) is 19.6 Å². The molecular weight excluding hydrogens is 360 g/mol. The Morgan fingerprint density at radius 1 is 1.07 bits per heavy atom. The van der Waals surface area contributed by atoms with Gasteiger partial charge in [-0.3, -0.25) is 4.79 Å². The zero-order valence-electron chi connectivity index (χ0n) is 17.0. The van der Waals surface area contributed by atoms with Crippen molar-refractivity contribution in [3.05, 3.63) is 82.7 Å². The smallest absolute Gasteiger partial charge is 0.274 e. The van der Waals surface area contributed by atoms with Crippen LogP contribution in [0.4, 0.5) is 0 Å². The first-order valence-electron chi connectivity index (χ1n) is 10.4. The minimum Gasteiger partial charge on any atom is -0.336 e. The minimum atomic E-state index is -0.00290. The van der Waals surface area contributed by atoms with Gasteiger partial charge in [0.05, 0.1) is 5.69 Å². The molecule has 1 aromatic heterocycles. The molecular formula is C24H28N4O. The van der Waals surface area contributed by atoms with E-state index in [4.69, 9.17) is 10.8 Å². The van der Waals surface area contributed by atoms with E-state index in [1.54, 1.807) is 0 Å². The molecule has 1 amide bonds. The zero-order chi connectivity index (χ0) is 20.2. The van der Waals surface area contributed by atoms with Gasteiger partial charge < -0.3 is 10.6 Å². The molecule has 2 aromatic carbocycles. The highest BCUT2D eigenvalue weighted by Crippen LogP contribution is 2.29. The lowest BCUT2D eigenvalue weighted by molar-refractivity contribution is 0.0754. The van der Waals surface area contributed by atoms with Crippen LogP contribution in [0.25, 0.3) is 5.69 Å². The van der Waals surface area contributed by atoms with Crippen LogP contribution < -0.4 is 5.73 Å². The lowest BCUT2D eigenvalue weighted by atomic mass is 10.1. The number of aryl methyl sites for hydroxylation is 1. The highest BCUT2D eigenvalue weighted by molar-refractivity contribution is 5.94. The number of benzene rings is 2. The molecule has 0 unspecified atom stereocenters. The van der Waals surface area contributed by atoms with Gasteiger partial charge in [0.15, 0.2) is 5.69 Å². The van der Waals surface area contributed by atoms with E-state index in [1.165, 1.54) is 11.3 Å². The maximum absolute atomic E-state index is 13.4. The van der Waals surface area contributed by atoms with E-state index in [-0.39, 0.29) is 5.91 Å². The van der Waals surface area contributed by atoms with Gasteiger partial charge in [-0.25, -0.2) is 4.68 Å². The normalized spacial score (nSPS) is 12.8. The molecule has 0 spiro atoms. The van der Waals surface area contributed by atoms with Gasteiger partial charge >= 0.3 is 0 Å². The van der Waals surface area contributed by atoms with Crippen LogP contribution >= 0.6 is 0 Å². The van der Waals surface area contributed by atoms with Crippen molar-refractivity contribution in [2.24, 2.45) is 5.73 Å². The highest BCUT2D eigenvalue weighted by Gasteiger charge is 2.29. The standard InChI is InChI=1S/C24H28N4O/c1-18-8-5-6-12-21(18)28-22-13-7-11-20(22)23(26-28)24(29)27(17-15-25)16-14-19-9-3-2-4-10-19/h2-6,8-10,12H,7,11,13-17,25H2,1H3. The summed E-state index contributed by atoms with van der Waals surface area (Å²) in [4.78, 5) is 15.3. The van der Waals surface area contributed by atoms with E-state index in [0.29, 0.717) is 25.3 Å². The maximum atomic E-state index is 13.4. The van der Waals surface area contributed by atoms with E-state index >= 15 is 0 Å². The lowest BCUT2D eigenvalue weighted by Crippen LogP contribution is -2.37. The number of fused-ring (bicyclic) bond motifs is 1. The summed E-state index contributed by atoms with van der Waals surface area (Å²) in [7, 11) is 0. The van der Waals surface area contributed by atoms with Gasteiger partial charge in [0, 0.05) is 30.9 Å². The summed E-state index contributed by atoms with van der Waals surface area (Å²) < 4.78 is 1.99. The maximum Gasteiger partial charge on any atom is 0.274 e. The molecule has 1 aliphatic carbocycles. The number of nitrogens with zero attached hydrogens (tertiary/aromatic N) is 3. The molecule has 0 radical (unpaired) electrons. The monoisotopic (exact) mass is 388 g/mol. The number of carbonyl (C=O) groups excluding carboxylic acids is 1.